The average molecular weight is 382 g/mol. The molecule has 0 bridgehead atoms. The number of halogens is 1. The molecule has 1 atom stereocenters. The van der Waals surface area contributed by atoms with Gasteiger partial charge in [0, 0.05) is 10.7 Å². The number of rotatable bonds is 3. The molecule has 138 valence electrons. The Morgan fingerprint density at radius 1 is 1.19 bits per heavy atom. The number of benzene rings is 2. The normalized spacial score (nSPS) is 16.4. The first-order valence-corrected chi connectivity index (χ1v) is 9.24. The van der Waals surface area contributed by atoms with Crippen LogP contribution in [0.1, 0.15) is 32.4 Å². The average Bonchev–Trinajstić information content (AvgIpc) is 2.98. The Kier molecular flexibility index (Phi) is 4.40. The first kappa shape index (κ1) is 17.6. The van der Waals surface area contributed by atoms with Gasteiger partial charge in [-0.1, -0.05) is 35.9 Å². The molecular formula is C21H20ClN3O2. The van der Waals surface area contributed by atoms with Crippen LogP contribution in [-0.2, 0) is 9.53 Å². The number of fused-ring (bicyclic) bond motifs is 3. The first-order chi connectivity index (χ1) is 13.0. The molecule has 4 rings (SSSR count). The lowest BCUT2D eigenvalue weighted by molar-refractivity contribution is -0.143. The van der Waals surface area contributed by atoms with Gasteiger partial charge in [-0.25, -0.2) is 9.78 Å². The number of carbonyl (C=O) groups excluding carboxylic acids is 1. The van der Waals surface area contributed by atoms with Crippen molar-refractivity contribution in [1.29, 1.82) is 0 Å². The highest BCUT2D eigenvalue weighted by atomic mass is 35.5. The highest BCUT2D eigenvalue weighted by Crippen LogP contribution is 2.39. The number of hydrogen-bond acceptors (Lipinski definition) is 4. The topological polar surface area (TPSA) is 56.2 Å². The number of carbonyl (C=O) groups is 1. The minimum absolute atomic E-state index is 0.204. The van der Waals surface area contributed by atoms with Crippen molar-refractivity contribution in [2.45, 2.75) is 32.9 Å². The molecule has 6 heteroatoms. The third kappa shape index (κ3) is 3.08. The highest BCUT2D eigenvalue weighted by Gasteiger charge is 2.35. The first-order valence-electron chi connectivity index (χ1n) is 8.87. The van der Waals surface area contributed by atoms with Crippen LogP contribution in [0.4, 0.5) is 5.95 Å². The summed E-state index contributed by atoms with van der Waals surface area (Å²) in [4.78, 5) is 17.6. The number of esters is 1. The van der Waals surface area contributed by atoms with Crippen LogP contribution in [0.5, 0.6) is 0 Å². The van der Waals surface area contributed by atoms with Crippen molar-refractivity contribution in [3.63, 3.8) is 0 Å². The number of aromatic nitrogens is 2. The van der Waals surface area contributed by atoms with Crippen molar-refractivity contribution >= 4 is 34.6 Å². The van der Waals surface area contributed by atoms with Crippen molar-refractivity contribution in [2.24, 2.45) is 0 Å². The van der Waals surface area contributed by atoms with Crippen LogP contribution in [0.2, 0.25) is 5.02 Å². The number of anilines is 1. The fourth-order valence-corrected chi connectivity index (χ4v) is 3.59. The molecule has 0 amide bonds. The second kappa shape index (κ2) is 6.74. The zero-order chi connectivity index (χ0) is 19.1. The van der Waals surface area contributed by atoms with Gasteiger partial charge in [-0.05, 0) is 50.6 Å². The Morgan fingerprint density at radius 2 is 1.89 bits per heavy atom. The number of imidazole rings is 1. The van der Waals surface area contributed by atoms with E-state index in [1.165, 1.54) is 0 Å². The summed E-state index contributed by atoms with van der Waals surface area (Å²) in [5.41, 5.74) is 4.07. The number of hydrogen-bond donors (Lipinski definition) is 1. The zero-order valence-corrected chi connectivity index (χ0v) is 16.1. The van der Waals surface area contributed by atoms with E-state index in [0.29, 0.717) is 16.5 Å². The van der Waals surface area contributed by atoms with Crippen LogP contribution in [0.15, 0.2) is 59.8 Å². The molecule has 0 aliphatic carbocycles. The van der Waals surface area contributed by atoms with Crippen LogP contribution >= 0.6 is 11.6 Å². The van der Waals surface area contributed by atoms with Gasteiger partial charge in [0.25, 0.3) is 0 Å². The Hall–Kier alpha value is -2.79. The van der Waals surface area contributed by atoms with Crippen LogP contribution < -0.4 is 5.32 Å². The van der Waals surface area contributed by atoms with Gasteiger partial charge >= 0.3 is 5.97 Å². The van der Waals surface area contributed by atoms with E-state index in [-0.39, 0.29) is 18.1 Å². The smallest absolute Gasteiger partial charge is 0.338 e. The number of ether oxygens (including phenoxy) is 1. The summed E-state index contributed by atoms with van der Waals surface area (Å²) in [6, 6.07) is 15.1. The molecule has 0 saturated carbocycles. The monoisotopic (exact) mass is 381 g/mol. The van der Waals surface area contributed by atoms with Gasteiger partial charge in [0.05, 0.1) is 28.8 Å². The minimum atomic E-state index is -0.350. The molecule has 2 heterocycles. The molecule has 1 aliphatic rings. The largest absolute Gasteiger partial charge is 0.459 e. The molecule has 0 saturated heterocycles. The quantitative estimate of drug-likeness (QED) is 0.653. The van der Waals surface area contributed by atoms with Gasteiger partial charge < -0.3 is 10.1 Å². The Labute approximate surface area is 162 Å². The molecule has 0 unspecified atom stereocenters. The molecule has 1 aliphatic heterocycles. The van der Waals surface area contributed by atoms with Crippen molar-refractivity contribution in [3.8, 4) is 0 Å². The Balaban J connectivity index is 1.95. The summed E-state index contributed by atoms with van der Waals surface area (Å²) >= 11 is 6.09. The van der Waals surface area contributed by atoms with Gasteiger partial charge in [-0.15, -0.1) is 0 Å². The molecule has 1 aromatic heterocycles. The molecule has 2 aromatic carbocycles. The van der Waals surface area contributed by atoms with E-state index in [9.17, 15) is 4.79 Å². The van der Waals surface area contributed by atoms with Crippen molar-refractivity contribution < 1.29 is 9.53 Å². The zero-order valence-electron chi connectivity index (χ0n) is 15.4. The number of para-hydroxylation sites is 2. The second-order valence-corrected chi connectivity index (χ2v) is 7.30. The van der Waals surface area contributed by atoms with Crippen LogP contribution in [0, 0.1) is 0 Å². The van der Waals surface area contributed by atoms with E-state index in [0.717, 1.165) is 22.3 Å². The number of allylic oxidation sites excluding steroid dienone is 1. The molecular weight excluding hydrogens is 362 g/mol. The third-order valence-corrected chi connectivity index (χ3v) is 4.83. The van der Waals surface area contributed by atoms with Crippen LogP contribution in [-0.4, -0.2) is 21.6 Å². The fourth-order valence-electron chi connectivity index (χ4n) is 3.47. The predicted octanol–water partition coefficient (Wildman–Crippen LogP) is 4.93. The minimum Gasteiger partial charge on any atom is -0.459 e. The van der Waals surface area contributed by atoms with E-state index in [2.05, 4.69) is 5.32 Å². The second-order valence-electron chi connectivity index (χ2n) is 6.87. The highest BCUT2D eigenvalue weighted by molar-refractivity contribution is 6.30. The van der Waals surface area contributed by atoms with Gasteiger partial charge in [0.1, 0.15) is 0 Å². The fraction of sp³-hybridized carbons (Fsp3) is 0.238. The van der Waals surface area contributed by atoms with Crippen molar-refractivity contribution in [1.82, 2.24) is 9.55 Å². The lowest BCUT2D eigenvalue weighted by Crippen LogP contribution is -2.29. The van der Waals surface area contributed by atoms with E-state index in [1.54, 1.807) is 0 Å². The van der Waals surface area contributed by atoms with Gasteiger partial charge in [-0.2, -0.15) is 0 Å². The summed E-state index contributed by atoms with van der Waals surface area (Å²) in [5.74, 6) is 0.369. The van der Waals surface area contributed by atoms with E-state index in [4.69, 9.17) is 21.3 Å². The molecule has 5 nitrogen and oxygen atoms in total. The molecule has 3 aromatic rings. The molecule has 0 fully saturated rings. The maximum atomic E-state index is 13.0. The summed E-state index contributed by atoms with van der Waals surface area (Å²) in [7, 11) is 0. The van der Waals surface area contributed by atoms with E-state index < -0.39 is 0 Å². The molecule has 1 N–H and O–H groups in total. The molecule has 0 radical (unpaired) electrons. The Bertz CT molecular complexity index is 1050. The standard InChI is InChI=1S/C21H20ClN3O2/c1-12(2)27-20(26)18-13(3)23-21-24-16-6-4-5-7-17(16)25(21)19(18)14-8-10-15(22)11-9-14/h4-12,19H,1-3H3,(H,23,24)/t19-/m0/s1. The SMILES string of the molecule is CC1=C(C(=O)OC(C)C)[C@H](c2ccc(Cl)cc2)n2c(nc3ccccc32)N1. The number of nitrogens with one attached hydrogen (secondary N) is 1. The van der Waals surface area contributed by atoms with Crippen LogP contribution in [0.3, 0.4) is 0 Å². The summed E-state index contributed by atoms with van der Waals surface area (Å²) < 4.78 is 7.59. The van der Waals surface area contributed by atoms with Crippen LogP contribution in [0.25, 0.3) is 11.0 Å². The summed E-state index contributed by atoms with van der Waals surface area (Å²) in [6.45, 7) is 5.57. The van der Waals surface area contributed by atoms with Gasteiger partial charge in [0.2, 0.25) is 5.95 Å². The van der Waals surface area contributed by atoms with Crippen molar-refractivity contribution in [2.75, 3.05) is 5.32 Å². The molecule has 0 spiro atoms. The molecule has 27 heavy (non-hydrogen) atoms. The summed E-state index contributed by atoms with van der Waals surface area (Å²) in [6.07, 6.45) is -0.204. The van der Waals surface area contributed by atoms with Crippen molar-refractivity contribution in [3.05, 3.63) is 70.4 Å². The number of nitrogens with zero attached hydrogens (tertiary/aromatic N) is 2. The Morgan fingerprint density at radius 3 is 2.59 bits per heavy atom. The predicted molar refractivity (Wildman–Crippen MR) is 107 cm³/mol. The summed E-state index contributed by atoms with van der Waals surface area (Å²) in [5, 5.41) is 3.92. The maximum absolute atomic E-state index is 13.0. The van der Waals surface area contributed by atoms with Gasteiger partial charge in [-0.3, -0.25) is 4.57 Å². The maximum Gasteiger partial charge on any atom is 0.338 e. The van der Waals surface area contributed by atoms with E-state index >= 15 is 0 Å². The lowest BCUT2D eigenvalue weighted by atomic mass is 9.95. The lowest BCUT2D eigenvalue weighted by Gasteiger charge is -2.30. The van der Waals surface area contributed by atoms with E-state index in [1.807, 2.05) is 73.9 Å². The van der Waals surface area contributed by atoms with Gasteiger partial charge in [0.15, 0.2) is 0 Å². The third-order valence-electron chi connectivity index (χ3n) is 4.58.